The Morgan fingerprint density at radius 1 is 1.21 bits per heavy atom. The lowest BCUT2D eigenvalue weighted by Crippen LogP contribution is -2.47. The van der Waals surface area contributed by atoms with Crippen molar-refractivity contribution < 1.29 is 14.3 Å². The van der Waals surface area contributed by atoms with E-state index in [1.165, 1.54) is 11.8 Å². The van der Waals surface area contributed by atoms with E-state index >= 15 is 0 Å². The number of urea groups is 1. The van der Waals surface area contributed by atoms with Gasteiger partial charge in [-0.2, -0.15) is 4.99 Å². The Bertz CT molecular complexity index is 864. The first-order chi connectivity index (χ1) is 11.7. The number of aliphatic imine (C=N–C) groups is 1. The molecule has 4 rings (SSSR count). The Hall–Kier alpha value is -2.67. The molecular weight excluding hydrogens is 326 g/mol. The van der Waals surface area contributed by atoms with Crippen LogP contribution in [0.5, 0.6) is 5.75 Å². The number of anilines is 1. The van der Waals surface area contributed by atoms with Gasteiger partial charge in [0.2, 0.25) is 0 Å². The molecule has 1 unspecified atom stereocenters. The van der Waals surface area contributed by atoms with Crippen molar-refractivity contribution in [2.75, 3.05) is 11.5 Å². The Morgan fingerprint density at radius 3 is 2.75 bits per heavy atom. The first-order valence-corrected chi connectivity index (χ1v) is 8.38. The maximum atomic E-state index is 12.8. The number of thioether (sulfide) groups is 1. The zero-order chi connectivity index (χ0) is 16.7. The average Bonchev–Trinajstić information content (AvgIpc) is 2.96. The van der Waals surface area contributed by atoms with Gasteiger partial charge in [-0.1, -0.05) is 11.8 Å². The number of carbonyl (C=O) groups excluding carboxylic acids is 2. The molecule has 0 saturated heterocycles. The van der Waals surface area contributed by atoms with E-state index in [2.05, 4.69) is 9.98 Å². The Balaban J connectivity index is 1.69. The van der Waals surface area contributed by atoms with Gasteiger partial charge in [0.1, 0.15) is 16.0 Å². The maximum Gasteiger partial charge on any atom is 0.355 e. The summed E-state index contributed by atoms with van der Waals surface area (Å²) in [6.07, 6.45) is 1.67. The number of amides is 3. The van der Waals surface area contributed by atoms with Gasteiger partial charge in [0, 0.05) is 11.8 Å². The second kappa shape index (κ2) is 5.76. The topological polar surface area (TPSA) is 71.9 Å². The van der Waals surface area contributed by atoms with Gasteiger partial charge in [-0.05, 0) is 43.3 Å². The lowest BCUT2D eigenvalue weighted by molar-refractivity contribution is -0.116. The molecule has 1 atom stereocenters. The van der Waals surface area contributed by atoms with Crippen LogP contribution in [0.1, 0.15) is 12.5 Å². The first-order valence-electron chi connectivity index (χ1n) is 7.50. The van der Waals surface area contributed by atoms with E-state index in [0.29, 0.717) is 23.8 Å². The summed E-state index contributed by atoms with van der Waals surface area (Å²) >= 11 is 1.33. The maximum absolute atomic E-state index is 12.8. The fourth-order valence-electron chi connectivity index (χ4n) is 2.73. The molecule has 6 nitrogen and oxygen atoms in total. The third-order valence-corrected chi connectivity index (χ3v) is 4.99. The highest BCUT2D eigenvalue weighted by Crippen LogP contribution is 2.39. The number of rotatable bonds is 3. The largest absolute Gasteiger partial charge is 0.494 e. The van der Waals surface area contributed by atoms with Crippen LogP contribution >= 0.6 is 11.8 Å². The number of hydrogen-bond donors (Lipinski definition) is 0. The molecule has 0 spiro atoms. The molecule has 1 aromatic carbocycles. The summed E-state index contributed by atoms with van der Waals surface area (Å²) in [5.41, 5.74) is 1.75. The number of hydrogen-bond acceptors (Lipinski definition) is 5. The number of benzene rings is 1. The van der Waals surface area contributed by atoms with Gasteiger partial charge in [0.15, 0.2) is 0 Å². The molecule has 120 valence electrons. The van der Waals surface area contributed by atoms with E-state index in [9.17, 15) is 9.59 Å². The third-order valence-electron chi connectivity index (χ3n) is 3.78. The third kappa shape index (κ3) is 2.28. The van der Waals surface area contributed by atoms with Crippen LogP contribution in [-0.2, 0) is 4.79 Å². The minimum Gasteiger partial charge on any atom is -0.494 e. The molecule has 0 aliphatic carbocycles. The molecule has 7 heteroatoms. The molecule has 1 aromatic heterocycles. The van der Waals surface area contributed by atoms with E-state index in [-0.39, 0.29) is 5.91 Å². The van der Waals surface area contributed by atoms with Gasteiger partial charge in [-0.3, -0.25) is 4.79 Å². The average molecular weight is 339 g/mol. The number of ether oxygens (including phenoxy) is 1. The first kappa shape index (κ1) is 14.9. The van der Waals surface area contributed by atoms with Crippen molar-refractivity contribution in [3.05, 3.63) is 48.2 Å². The van der Waals surface area contributed by atoms with Gasteiger partial charge >= 0.3 is 6.03 Å². The smallest absolute Gasteiger partial charge is 0.355 e. The molecule has 2 aliphatic heterocycles. The molecule has 3 amide bonds. The van der Waals surface area contributed by atoms with Crippen LogP contribution in [0.25, 0.3) is 0 Å². The molecule has 24 heavy (non-hydrogen) atoms. The van der Waals surface area contributed by atoms with E-state index in [4.69, 9.17) is 4.74 Å². The SMILES string of the molecule is CCOc1ccc(N2C(=O)N=C3c4cccnc4SC3C2=O)cc1. The van der Waals surface area contributed by atoms with Crippen molar-refractivity contribution in [2.45, 2.75) is 17.2 Å². The van der Waals surface area contributed by atoms with E-state index in [1.54, 1.807) is 36.5 Å². The van der Waals surface area contributed by atoms with Gasteiger partial charge < -0.3 is 4.74 Å². The summed E-state index contributed by atoms with van der Waals surface area (Å²) in [4.78, 5) is 34.8. The van der Waals surface area contributed by atoms with Crippen LogP contribution in [-0.4, -0.2) is 34.5 Å². The molecule has 0 saturated carbocycles. The van der Waals surface area contributed by atoms with Gasteiger partial charge in [0.25, 0.3) is 5.91 Å². The Morgan fingerprint density at radius 2 is 2.00 bits per heavy atom. The predicted octanol–water partition coefficient (Wildman–Crippen LogP) is 2.91. The molecule has 3 heterocycles. The monoisotopic (exact) mass is 339 g/mol. The van der Waals surface area contributed by atoms with E-state index in [1.807, 2.05) is 13.0 Å². The van der Waals surface area contributed by atoms with Crippen LogP contribution in [0, 0.1) is 0 Å². The van der Waals surface area contributed by atoms with Crippen molar-refractivity contribution in [1.82, 2.24) is 4.98 Å². The normalized spacial score (nSPS) is 19.0. The summed E-state index contributed by atoms with van der Waals surface area (Å²) in [6.45, 7) is 2.45. The number of imide groups is 1. The molecule has 2 aromatic rings. The number of carbonyl (C=O) groups is 2. The highest BCUT2D eigenvalue weighted by Gasteiger charge is 2.44. The Kier molecular flexibility index (Phi) is 3.57. The number of aromatic nitrogens is 1. The summed E-state index contributed by atoms with van der Waals surface area (Å²) in [6, 6.07) is 9.87. The number of pyridine rings is 1. The van der Waals surface area contributed by atoms with Crippen LogP contribution in [0.15, 0.2) is 52.6 Å². The summed E-state index contributed by atoms with van der Waals surface area (Å²) in [7, 11) is 0. The van der Waals surface area contributed by atoms with Crippen molar-refractivity contribution in [2.24, 2.45) is 4.99 Å². The fraction of sp³-hybridized carbons (Fsp3) is 0.176. The van der Waals surface area contributed by atoms with Crippen LogP contribution in [0.4, 0.5) is 10.5 Å². The van der Waals surface area contributed by atoms with E-state index in [0.717, 1.165) is 15.5 Å². The van der Waals surface area contributed by atoms with Crippen LogP contribution in [0.2, 0.25) is 0 Å². The van der Waals surface area contributed by atoms with Gasteiger partial charge in [-0.25, -0.2) is 14.7 Å². The van der Waals surface area contributed by atoms with Crippen molar-refractivity contribution >= 4 is 35.1 Å². The van der Waals surface area contributed by atoms with Crippen molar-refractivity contribution in [3.63, 3.8) is 0 Å². The lowest BCUT2D eigenvalue weighted by atomic mass is 10.1. The minimum absolute atomic E-state index is 0.294. The molecular formula is C17H13N3O3S. The van der Waals surface area contributed by atoms with Gasteiger partial charge in [-0.15, -0.1) is 0 Å². The molecule has 2 aliphatic rings. The quantitative estimate of drug-likeness (QED) is 0.860. The zero-order valence-corrected chi connectivity index (χ0v) is 13.6. The second-order valence-corrected chi connectivity index (χ2v) is 6.33. The van der Waals surface area contributed by atoms with Crippen molar-refractivity contribution in [1.29, 1.82) is 0 Å². The van der Waals surface area contributed by atoms with Crippen LogP contribution < -0.4 is 9.64 Å². The predicted molar refractivity (Wildman–Crippen MR) is 90.9 cm³/mol. The fourth-order valence-corrected chi connectivity index (χ4v) is 3.88. The molecule has 0 fully saturated rings. The van der Waals surface area contributed by atoms with Gasteiger partial charge in [0.05, 0.1) is 18.0 Å². The summed E-state index contributed by atoms with van der Waals surface area (Å²) in [5.74, 6) is 0.395. The summed E-state index contributed by atoms with van der Waals surface area (Å²) < 4.78 is 5.39. The molecule has 0 radical (unpaired) electrons. The zero-order valence-electron chi connectivity index (χ0n) is 12.8. The molecule has 0 N–H and O–H groups in total. The molecule has 0 bridgehead atoms. The minimum atomic E-state index is -0.576. The van der Waals surface area contributed by atoms with Crippen molar-refractivity contribution in [3.8, 4) is 5.75 Å². The second-order valence-electron chi connectivity index (χ2n) is 5.23. The number of fused-ring (bicyclic) bond motifs is 3. The number of nitrogens with zero attached hydrogens (tertiary/aromatic N) is 3. The summed E-state index contributed by atoms with van der Waals surface area (Å²) in [5, 5.41) is 0.204. The standard InChI is InChI=1S/C17H13N3O3S/c1-2-23-11-7-5-10(6-8-11)20-16(21)14-13(19-17(20)22)12-4-3-9-18-15(12)24-14/h3-9,14H,2H2,1H3. The van der Waals surface area contributed by atoms with E-state index < -0.39 is 11.3 Å². The highest BCUT2D eigenvalue weighted by molar-refractivity contribution is 8.02. The highest BCUT2D eigenvalue weighted by atomic mass is 32.2. The Labute approximate surface area is 142 Å². The van der Waals surface area contributed by atoms with Crippen LogP contribution in [0.3, 0.4) is 0 Å². The lowest BCUT2D eigenvalue weighted by Gasteiger charge is -2.26.